The van der Waals surface area contributed by atoms with E-state index in [9.17, 15) is 10.1 Å². The van der Waals surface area contributed by atoms with Gasteiger partial charge in [0.05, 0.1) is 26.9 Å². The van der Waals surface area contributed by atoms with Crippen LogP contribution in [-0.2, 0) is 0 Å². The third kappa shape index (κ3) is 5.60. The normalized spacial score (nSPS) is 10.9. The lowest BCUT2D eigenvalue weighted by Crippen LogP contribution is -2.09. The molecule has 0 amide bonds. The second kappa shape index (κ2) is 11.1. The summed E-state index contributed by atoms with van der Waals surface area (Å²) in [5.41, 5.74) is 2.94. The summed E-state index contributed by atoms with van der Waals surface area (Å²) < 4.78 is 26.7. The van der Waals surface area contributed by atoms with Crippen LogP contribution in [0.15, 0.2) is 65.2 Å². The Balaban J connectivity index is 1.56. The summed E-state index contributed by atoms with van der Waals surface area (Å²) in [4.78, 5) is 17.1. The van der Waals surface area contributed by atoms with Gasteiger partial charge in [-0.1, -0.05) is 41.1 Å². The van der Waals surface area contributed by atoms with Crippen molar-refractivity contribution in [3.8, 4) is 40.5 Å². The fraction of sp³-hybridized carbons (Fsp3) is 0.143. The zero-order valence-electron chi connectivity index (χ0n) is 20.6. The molecule has 9 heteroatoms. The molecular weight excluding hydrogens is 474 g/mol. The first kappa shape index (κ1) is 25.0. The van der Waals surface area contributed by atoms with Gasteiger partial charge in [0.2, 0.25) is 5.82 Å². The number of carbonyl (C=O) groups excluding carboxylic acids is 1. The molecule has 4 aromatic rings. The van der Waals surface area contributed by atoms with Gasteiger partial charge >= 0.3 is 5.97 Å². The van der Waals surface area contributed by atoms with Crippen molar-refractivity contribution in [3.63, 3.8) is 0 Å². The number of nitriles is 1. The monoisotopic (exact) mass is 497 g/mol. The number of hydrogen-bond donors (Lipinski definition) is 0. The van der Waals surface area contributed by atoms with Crippen LogP contribution in [0, 0.1) is 18.3 Å². The Bertz CT molecular complexity index is 1500. The highest BCUT2D eigenvalue weighted by Gasteiger charge is 2.17. The maximum atomic E-state index is 12.7. The summed E-state index contributed by atoms with van der Waals surface area (Å²) in [5.74, 6) is 1.26. The van der Waals surface area contributed by atoms with Crippen molar-refractivity contribution in [1.82, 2.24) is 10.1 Å². The highest BCUT2D eigenvalue weighted by molar-refractivity contribution is 5.92. The summed E-state index contributed by atoms with van der Waals surface area (Å²) in [6.07, 6.45) is 1.58. The van der Waals surface area contributed by atoms with Crippen molar-refractivity contribution in [1.29, 1.82) is 5.26 Å². The molecule has 0 fully saturated rings. The van der Waals surface area contributed by atoms with Crippen LogP contribution in [0.3, 0.4) is 0 Å². The van der Waals surface area contributed by atoms with E-state index in [1.165, 1.54) is 27.4 Å². The standard InChI is InChI=1S/C28H23N3O6/c1-17-5-8-19(9-6-17)26-30-27(37-31-26)21(16-29)13-18-7-11-23(24(14-18)34-3)36-28(32)20-10-12-22(33-2)25(15-20)35-4/h5-15H,1-4H3. The van der Waals surface area contributed by atoms with Gasteiger partial charge < -0.3 is 23.5 Å². The third-order valence-corrected chi connectivity index (χ3v) is 5.41. The number of aromatic nitrogens is 2. The number of hydrogen-bond acceptors (Lipinski definition) is 9. The number of nitrogens with zero attached hydrogens (tertiary/aromatic N) is 3. The number of benzene rings is 3. The van der Waals surface area contributed by atoms with Gasteiger partial charge in [-0.3, -0.25) is 0 Å². The Labute approximate surface area is 213 Å². The van der Waals surface area contributed by atoms with E-state index >= 15 is 0 Å². The van der Waals surface area contributed by atoms with Crippen molar-refractivity contribution >= 4 is 17.6 Å². The van der Waals surface area contributed by atoms with Crippen molar-refractivity contribution in [2.24, 2.45) is 0 Å². The van der Waals surface area contributed by atoms with Crippen molar-refractivity contribution in [2.75, 3.05) is 21.3 Å². The van der Waals surface area contributed by atoms with Gasteiger partial charge in [0.25, 0.3) is 5.89 Å². The van der Waals surface area contributed by atoms with Gasteiger partial charge in [-0.2, -0.15) is 10.2 Å². The van der Waals surface area contributed by atoms with Gasteiger partial charge in [-0.05, 0) is 48.9 Å². The molecule has 0 bridgehead atoms. The molecule has 1 heterocycles. The van der Waals surface area contributed by atoms with E-state index in [4.69, 9.17) is 23.5 Å². The minimum atomic E-state index is -0.602. The minimum Gasteiger partial charge on any atom is -0.493 e. The van der Waals surface area contributed by atoms with E-state index in [0.717, 1.165) is 11.1 Å². The van der Waals surface area contributed by atoms with Crippen LogP contribution in [0.25, 0.3) is 23.0 Å². The second-order valence-electron chi connectivity index (χ2n) is 7.83. The smallest absolute Gasteiger partial charge is 0.343 e. The van der Waals surface area contributed by atoms with Crippen LogP contribution >= 0.6 is 0 Å². The van der Waals surface area contributed by atoms with E-state index in [0.29, 0.717) is 28.6 Å². The highest BCUT2D eigenvalue weighted by atomic mass is 16.6. The summed E-state index contributed by atoms with van der Waals surface area (Å²) in [6, 6.07) is 19.3. The molecule has 0 aliphatic heterocycles. The lowest BCUT2D eigenvalue weighted by molar-refractivity contribution is 0.0729. The van der Waals surface area contributed by atoms with Gasteiger partial charge in [0.15, 0.2) is 23.0 Å². The Morgan fingerprint density at radius 1 is 0.892 bits per heavy atom. The summed E-state index contributed by atoms with van der Waals surface area (Å²) >= 11 is 0. The number of methoxy groups -OCH3 is 3. The molecule has 0 atom stereocenters. The molecule has 1 aromatic heterocycles. The zero-order chi connectivity index (χ0) is 26.4. The number of esters is 1. The molecule has 0 saturated carbocycles. The Morgan fingerprint density at radius 3 is 2.24 bits per heavy atom. The van der Waals surface area contributed by atoms with Crippen LogP contribution in [0.1, 0.15) is 27.4 Å². The van der Waals surface area contributed by atoms with Crippen molar-refractivity contribution in [2.45, 2.75) is 6.92 Å². The van der Waals surface area contributed by atoms with Crippen LogP contribution in [0.5, 0.6) is 23.0 Å². The molecule has 0 N–H and O–H groups in total. The average molecular weight is 498 g/mol. The van der Waals surface area contributed by atoms with Gasteiger partial charge in [-0.15, -0.1) is 0 Å². The van der Waals surface area contributed by atoms with Crippen LogP contribution < -0.4 is 18.9 Å². The first-order valence-corrected chi connectivity index (χ1v) is 11.1. The zero-order valence-corrected chi connectivity index (χ0v) is 20.6. The molecule has 0 radical (unpaired) electrons. The van der Waals surface area contributed by atoms with E-state index < -0.39 is 5.97 Å². The SMILES string of the molecule is COc1ccc(C(=O)Oc2ccc(C=C(C#N)c3nc(-c4ccc(C)cc4)no3)cc2OC)cc1OC. The number of ether oxygens (including phenoxy) is 4. The molecule has 4 rings (SSSR count). The first-order chi connectivity index (χ1) is 17.9. The fourth-order valence-corrected chi connectivity index (χ4v) is 3.44. The highest BCUT2D eigenvalue weighted by Crippen LogP contribution is 2.32. The molecule has 0 aliphatic carbocycles. The minimum absolute atomic E-state index is 0.0843. The topological polar surface area (TPSA) is 117 Å². The molecule has 9 nitrogen and oxygen atoms in total. The molecule has 37 heavy (non-hydrogen) atoms. The molecular formula is C28H23N3O6. The Hall–Kier alpha value is -5.10. The predicted octanol–water partition coefficient (Wildman–Crippen LogP) is 5.35. The average Bonchev–Trinajstić information content (AvgIpc) is 3.42. The first-order valence-electron chi connectivity index (χ1n) is 11.1. The maximum absolute atomic E-state index is 12.7. The molecule has 0 spiro atoms. The van der Waals surface area contributed by atoms with E-state index in [1.807, 2.05) is 31.2 Å². The molecule has 3 aromatic carbocycles. The van der Waals surface area contributed by atoms with Gasteiger partial charge in [-0.25, -0.2) is 4.79 Å². The van der Waals surface area contributed by atoms with E-state index in [1.54, 1.807) is 36.4 Å². The summed E-state index contributed by atoms with van der Waals surface area (Å²) in [6.45, 7) is 1.98. The second-order valence-corrected chi connectivity index (χ2v) is 7.83. The number of rotatable bonds is 8. The quantitative estimate of drug-likeness (QED) is 0.180. The molecule has 0 saturated heterocycles. The summed E-state index contributed by atoms with van der Waals surface area (Å²) in [5, 5.41) is 13.7. The summed E-state index contributed by atoms with van der Waals surface area (Å²) in [7, 11) is 4.44. The number of aryl methyl sites for hydroxylation is 1. The van der Waals surface area contributed by atoms with E-state index in [2.05, 4.69) is 16.2 Å². The lowest BCUT2D eigenvalue weighted by atomic mass is 10.1. The van der Waals surface area contributed by atoms with Crippen LogP contribution in [-0.4, -0.2) is 37.4 Å². The van der Waals surface area contributed by atoms with Crippen LogP contribution in [0.2, 0.25) is 0 Å². The third-order valence-electron chi connectivity index (χ3n) is 5.41. The Morgan fingerprint density at radius 2 is 1.57 bits per heavy atom. The van der Waals surface area contributed by atoms with Crippen LogP contribution in [0.4, 0.5) is 0 Å². The van der Waals surface area contributed by atoms with Gasteiger partial charge in [0.1, 0.15) is 11.6 Å². The largest absolute Gasteiger partial charge is 0.493 e. The van der Waals surface area contributed by atoms with E-state index in [-0.39, 0.29) is 22.8 Å². The van der Waals surface area contributed by atoms with Crippen molar-refractivity contribution < 1.29 is 28.3 Å². The predicted molar refractivity (Wildman–Crippen MR) is 135 cm³/mol. The van der Waals surface area contributed by atoms with Gasteiger partial charge in [0, 0.05) is 5.56 Å². The van der Waals surface area contributed by atoms with Crippen molar-refractivity contribution in [3.05, 3.63) is 83.2 Å². The fourth-order valence-electron chi connectivity index (χ4n) is 3.44. The molecule has 186 valence electrons. The Kier molecular flexibility index (Phi) is 7.50. The maximum Gasteiger partial charge on any atom is 0.343 e. The number of carbonyl (C=O) groups is 1. The molecule has 0 aliphatic rings. The molecule has 0 unspecified atom stereocenters. The lowest BCUT2D eigenvalue weighted by Gasteiger charge is -2.12. The number of allylic oxidation sites excluding steroid dienone is 1.